The Hall–Kier alpha value is -2.91. The summed E-state index contributed by atoms with van der Waals surface area (Å²) in [6, 6.07) is 10.5. The lowest BCUT2D eigenvalue weighted by Crippen LogP contribution is -2.49. The summed E-state index contributed by atoms with van der Waals surface area (Å²) in [7, 11) is 0. The van der Waals surface area contributed by atoms with Gasteiger partial charge in [-0.3, -0.25) is 0 Å². The zero-order valence-corrected chi connectivity index (χ0v) is 21.5. The molecule has 0 N–H and O–H groups in total. The fraction of sp³-hybridized carbons (Fsp3) is 0.385. The van der Waals surface area contributed by atoms with Crippen molar-refractivity contribution in [2.45, 2.75) is 31.3 Å². The van der Waals surface area contributed by atoms with Crippen molar-refractivity contribution in [2.75, 3.05) is 43.9 Å². The highest BCUT2D eigenvalue weighted by Gasteiger charge is 2.29. The third-order valence-electron chi connectivity index (χ3n) is 6.83. The van der Waals surface area contributed by atoms with Crippen molar-refractivity contribution in [3.8, 4) is 11.3 Å². The summed E-state index contributed by atoms with van der Waals surface area (Å²) in [6.07, 6.45) is 5.06. The quantitative estimate of drug-likeness (QED) is 0.272. The molecule has 1 fully saturated rings. The van der Waals surface area contributed by atoms with Crippen molar-refractivity contribution < 1.29 is 9.53 Å². The molecule has 1 aromatic carbocycles. The number of hydrogen-bond donors (Lipinski definition) is 0. The predicted molar refractivity (Wildman–Crippen MR) is 143 cm³/mol. The van der Waals surface area contributed by atoms with E-state index in [1.165, 1.54) is 22.1 Å². The molecule has 4 heterocycles. The number of rotatable bonds is 4. The number of aromatic nitrogens is 3. The molecule has 6 rings (SSSR count). The number of ether oxygens (including phenoxy) is 1. The molecule has 1 aliphatic heterocycles. The second kappa shape index (κ2) is 9.28. The average Bonchev–Trinajstić information content (AvgIpc) is 3.53. The monoisotopic (exact) mass is 505 g/mol. The molecule has 2 aliphatic rings. The molecule has 0 atom stereocenters. The lowest BCUT2D eigenvalue weighted by molar-refractivity contribution is 0.105. The maximum atomic E-state index is 12.2. The highest BCUT2D eigenvalue weighted by molar-refractivity contribution is 7.98. The number of benzene rings is 1. The number of carbonyl (C=O) groups excluding carboxylic acids is 1. The van der Waals surface area contributed by atoms with Crippen LogP contribution < -0.4 is 4.90 Å². The van der Waals surface area contributed by atoms with Crippen LogP contribution in [0.25, 0.3) is 31.7 Å². The number of carbonyl (C=O) groups is 1. The molecule has 3 aromatic heterocycles. The van der Waals surface area contributed by atoms with Crippen LogP contribution in [0.3, 0.4) is 0 Å². The summed E-state index contributed by atoms with van der Waals surface area (Å²) in [5, 5.41) is 1.99. The maximum absolute atomic E-state index is 12.2. The number of fused-ring (bicyclic) bond motifs is 5. The van der Waals surface area contributed by atoms with Gasteiger partial charge >= 0.3 is 6.09 Å². The van der Waals surface area contributed by atoms with Crippen molar-refractivity contribution >= 4 is 55.4 Å². The van der Waals surface area contributed by atoms with Crippen molar-refractivity contribution in [3.05, 3.63) is 41.5 Å². The molecule has 9 heteroatoms. The summed E-state index contributed by atoms with van der Waals surface area (Å²) in [6.45, 7) is 4.91. The molecule has 35 heavy (non-hydrogen) atoms. The minimum atomic E-state index is -0.236. The van der Waals surface area contributed by atoms with Gasteiger partial charge in [-0.15, -0.1) is 11.3 Å². The van der Waals surface area contributed by atoms with Crippen LogP contribution in [-0.4, -0.2) is 65.0 Å². The molecule has 1 amide bonds. The lowest BCUT2D eigenvalue weighted by Gasteiger charge is -2.34. The molecular formula is C26H27N5O2S2. The Labute approximate surface area is 212 Å². The van der Waals surface area contributed by atoms with Crippen LogP contribution in [0.4, 0.5) is 10.6 Å². The first-order valence-corrected chi connectivity index (χ1v) is 14.1. The largest absolute Gasteiger partial charge is 0.450 e. The van der Waals surface area contributed by atoms with E-state index in [1.54, 1.807) is 28.0 Å². The number of thiophene rings is 1. The highest BCUT2D eigenvalue weighted by atomic mass is 32.2. The van der Waals surface area contributed by atoms with Crippen LogP contribution in [0.15, 0.2) is 35.5 Å². The minimum Gasteiger partial charge on any atom is -0.450 e. The SMILES string of the molecule is CCOC(=O)N1CCN(c2nc(SC)nc3c2sc2nc(-c4ccccc4)c4c(c23)CCC4)CC1. The number of hydrogen-bond acceptors (Lipinski definition) is 8. The Morgan fingerprint density at radius 3 is 2.57 bits per heavy atom. The molecule has 0 bridgehead atoms. The van der Waals surface area contributed by atoms with Gasteiger partial charge in [-0.1, -0.05) is 42.1 Å². The summed E-state index contributed by atoms with van der Waals surface area (Å²) in [4.78, 5) is 32.4. The molecule has 4 aromatic rings. The van der Waals surface area contributed by atoms with Gasteiger partial charge in [0.2, 0.25) is 0 Å². The second-order valence-corrected chi connectivity index (χ2v) is 10.6. The first-order valence-electron chi connectivity index (χ1n) is 12.1. The molecule has 0 spiro atoms. The Kier molecular flexibility index (Phi) is 5.98. The summed E-state index contributed by atoms with van der Waals surface area (Å²) in [5.74, 6) is 0.957. The summed E-state index contributed by atoms with van der Waals surface area (Å²) in [5.41, 5.74) is 6.09. The highest BCUT2D eigenvalue weighted by Crippen LogP contribution is 2.44. The van der Waals surface area contributed by atoms with Gasteiger partial charge in [-0.05, 0) is 43.6 Å². The van der Waals surface area contributed by atoms with Crippen LogP contribution in [0.5, 0.6) is 0 Å². The lowest BCUT2D eigenvalue weighted by atomic mass is 10.0. The molecule has 0 unspecified atom stereocenters. The Bertz CT molecular complexity index is 1410. The Morgan fingerprint density at radius 2 is 1.83 bits per heavy atom. The van der Waals surface area contributed by atoms with E-state index in [0.29, 0.717) is 32.8 Å². The van der Waals surface area contributed by atoms with Crippen LogP contribution in [0, 0.1) is 0 Å². The standard InChI is InChI=1S/C26H27N5O2S2/c1-3-33-26(32)31-14-12-30(13-15-31)23-22-21(28-25(29-23)34-2)19-17-10-7-11-18(17)20(27-24(19)35-22)16-8-5-4-6-9-16/h4-6,8-9H,3,7,10-15H2,1-2H3. The Balaban J connectivity index is 1.47. The van der Waals surface area contributed by atoms with Crippen molar-refractivity contribution in [1.82, 2.24) is 19.9 Å². The van der Waals surface area contributed by atoms with Gasteiger partial charge in [0, 0.05) is 37.1 Å². The van der Waals surface area contributed by atoms with Gasteiger partial charge < -0.3 is 14.5 Å². The predicted octanol–water partition coefficient (Wildman–Crippen LogP) is 5.40. The number of nitrogens with zero attached hydrogens (tertiary/aromatic N) is 5. The topological polar surface area (TPSA) is 71.5 Å². The molecule has 1 aliphatic carbocycles. The fourth-order valence-corrected chi connectivity index (χ4v) is 6.71. The number of thioether (sulfide) groups is 1. The molecule has 180 valence electrons. The number of pyridine rings is 1. The first-order chi connectivity index (χ1) is 17.2. The van der Waals surface area contributed by atoms with Gasteiger partial charge in [0.25, 0.3) is 0 Å². The van der Waals surface area contributed by atoms with E-state index in [4.69, 9.17) is 19.7 Å². The fourth-order valence-electron chi connectivity index (χ4n) is 5.19. The van der Waals surface area contributed by atoms with Crippen LogP contribution in [0.2, 0.25) is 0 Å². The Morgan fingerprint density at radius 1 is 1.06 bits per heavy atom. The van der Waals surface area contributed by atoms with Crippen LogP contribution in [0.1, 0.15) is 24.5 Å². The third-order valence-corrected chi connectivity index (χ3v) is 8.45. The zero-order valence-electron chi connectivity index (χ0n) is 19.9. The second-order valence-electron chi connectivity index (χ2n) is 8.80. The van der Waals surface area contributed by atoms with Gasteiger partial charge in [0.1, 0.15) is 4.83 Å². The van der Waals surface area contributed by atoms with Crippen LogP contribution in [-0.2, 0) is 17.6 Å². The minimum absolute atomic E-state index is 0.236. The first kappa shape index (κ1) is 22.5. The summed E-state index contributed by atoms with van der Waals surface area (Å²) < 4.78 is 6.28. The van der Waals surface area contributed by atoms with Crippen molar-refractivity contribution in [2.24, 2.45) is 0 Å². The van der Waals surface area contributed by atoms with Gasteiger partial charge in [0.15, 0.2) is 11.0 Å². The summed E-state index contributed by atoms with van der Waals surface area (Å²) >= 11 is 3.27. The third kappa shape index (κ3) is 3.90. The van der Waals surface area contributed by atoms with Crippen molar-refractivity contribution in [3.63, 3.8) is 0 Å². The van der Waals surface area contributed by atoms with Gasteiger partial charge in [0.05, 0.1) is 22.5 Å². The van der Waals surface area contributed by atoms with Gasteiger partial charge in [-0.25, -0.2) is 19.7 Å². The molecule has 0 saturated carbocycles. The maximum Gasteiger partial charge on any atom is 0.409 e. The van der Waals surface area contributed by atoms with E-state index in [0.717, 1.165) is 51.0 Å². The van der Waals surface area contributed by atoms with E-state index in [1.807, 2.05) is 13.2 Å². The van der Waals surface area contributed by atoms with Gasteiger partial charge in [-0.2, -0.15) is 0 Å². The van der Waals surface area contributed by atoms with E-state index in [9.17, 15) is 4.79 Å². The number of amides is 1. The van der Waals surface area contributed by atoms with E-state index in [2.05, 4.69) is 35.2 Å². The smallest absolute Gasteiger partial charge is 0.409 e. The average molecular weight is 506 g/mol. The molecule has 0 radical (unpaired) electrons. The molecule has 1 saturated heterocycles. The van der Waals surface area contributed by atoms with E-state index in [-0.39, 0.29) is 6.09 Å². The van der Waals surface area contributed by atoms with Crippen LogP contribution >= 0.6 is 23.1 Å². The zero-order chi connectivity index (χ0) is 23.9. The van der Waals surface area contributed by atoms with Crippen molar-refractivity contribution in [1.29, 1.82) is 0 Å². The number of anilines is 1. The normalized spacial score (nSPS) is 15.7. The van der Waals surface area contributed by atoms with E-state index >= 15 is 0 Å². The molecular weight excluding hydrogens is 478 g/mol. The van der Waals surface area contributed by atoms with E-state index < -0.39 is 0 Å². The number of aryl methyl sites for hydroxylation is 1. The number of piperazine rings is 1. The molecule has 7 nitrogen and oxygen atoms in total.